The zero-order chi connectivity index (χ0) is 8.27. The molecule has 1 rings (SSSR count). The first-order valence-electron chi connectivity index (χ1n) is 3.81. The first-order valence-corrected chi connectivity index (χ1v) is 3.81. The summed E-state index contributed by atoms with van der Waals surface area (Å²) < 4.78 is 0. The second kappa shape index (κ2) is 3.28. The van der Waals surface area contributed by atoms with E-state index in [9.17, 15) is 5.11 Å². The van der Waals surface area contributed by atoms with Crippen molar-refractivity contribution in [1.82, 2.24) is 0 Å². The van der Waals surface area contributed by atoms with Crippen molar-refractivity contribution < 1.29 is 5.11 Å². The minimum atomic E-state index is 0.348. The van der Waals surface area contributed by atoms with Crippen molar-refractivity contribution in [2.24, 2.45) is 0 Å². The molecule has 1 aromatic carbocycles. The molecule has 0 aliphatic heterocycles. The standard InChI is InChI=1S/C9H13NO/c1-2-3-7-6-8(10)4-5-9(7)11/h4-6,11H,2-3,10H2,1H3. The van der Waals surface area contributed by atoms with E-state index in [-0.39, 0.29) is 0 Å². The van der Waals surface area contributed by atoms with Gasteiger partial charge in [0.05, 0.1) is 0 Å². The van der Waals surface area contributed by atoms with E-state index >= 15 is 0 Å². The summed E-state index contributed by atoms with van der Waals surface area (Å²) in [4.78, 5) is 0. The first kappa shape index (κ1) is 7.92. The molecule has 0 unspecified atom stereocenters. The largest absolute Gasteiger partial charge is 0.508 e. The van der Waals surface area contributed by atoms with Crippen molar-refractivity contribution in [3.05, 3.63) is 23.8 Å². The maximum absolute atomic E-state index is 9.31. The van der Waals surface area contributed by atoms with Crippen molar-refractivity contribution in [3.63, 3.8) is 0 Å². The van der Waals surface area contributed by atoms with Crippen LogP contribution in [0.25, 0.3) is 0 Å². The van der Waals surface area contributed by atoms with Gasteiger partial charge < -0.3 is 10.8 Å². The molecule has 3 N–H and O–H groups in total. The van der Waals surface area contributed by atoms with Gasteiger partial charge in [0.15, 0.2) is 0 Å². The van der Waals surface area contributed by atoms with Crippen LogP contribution in [-0.4, -0.2) is 5.11 Å². The summed E-state index contributed by atoms with van der Waals surface area (Å²) in [6.45, 7) is 2.07. The van der Waals surface area contributed by atoms with E-state index in [1.165, 1.54) is 0 Å². The number of nitrogens with two attached hydrogens (primary N) is 1. The second-order valence-electron chi connectivity index (χ2n) is 2.64. The molecule has 0 amide bonds. The summed E-state index contributed by atoms with van der Waals surface area (Å²) in [5, 5.41) is 9.31. The van der Waals surface area contributed by atoms with Crippen LogP contribution in [0.5, 0.6) is 5.75 Å². The predicted molar refractivity (Wildman–Crippen MR) is 46.5 cm³/mol. The van der Waals surface area contributed by atoms with Gasteiger partial charge in [-0.25, -0.2) is 0 Å². The third kappa shape index (κ3) is 1.87. The van der Waals surface area contributed by atoms with E-state index in [1.807, 2.05) is 6.07 Å². The lowest BCUT2D eigenvalue weighted by Gasteiger charge is -2.02. The van der Waals surface area contributed by atoms with Crippen LogP contribution in [0, 0.1) is 0 Å². The van der Waals surface area contributed by atoms with E-state index < -0.39 is 0 Å². The average molecular weight is 151 g/mol. The third-order valence-corrected chi connectivity index (χ3v) is 1.62. The summed E-state index contributed by atoms with van der Waals surface area (Å²) in [5.41, 5.74) is 7.20. The smallest absolute Gasteiger partial charge is 0.118 e. The molecule has 0 saturated heterocycles. The first-order chi connectivity index (χ1) is 5.24. The quantitative estimate of drug-likeness (QED) is 0.501. The van der Waals surface area contributed by atoms with E-state index in [0.717, 1.165) is 18.4 Å². The molecule has 0 spiro atoms. The molecule has 0 aliphatic rings. The van der Waals surface area contributed by atoms with Crippen LogP contribution < -0.4 is 5.73 Å². The van der Waals surface area contributed by atoms with Crippen molar-refractivity contribution in [2.75, 3.05) is 5.73 Å². The number of benzene rings is 1. The van der Waals surface area contributed by atoms with E-state index in [2.05, 4.69) is 6.92 Å². The molecule has 0 heterocycles. The summed E-state index contributed by atoms with van der Waals surface area (Å²) >= 11 is 0. The maximum atomic E-state index is 9.31. The van der Waals surface area contributed by atoms with Gasteiger partial charge in [0, 0.05) is 5.69 Å². The molecular weight excluding hydrogens is 138 g/mol. The van der Waals surface area contributed by atoms with Crippen LogP contribution >= 0.6 is 0 Å². The second-order valence-corrected chi connectivity index (χ2v) is 2.64. The average Bonchev–Trinajstić information content (AvgIpc) is 1.98. The molecule has 0 fully saturated rings. The van der Waals surface area contributed by atoms with E-state index in [1.54, 1.807) is 12.1 Å². The molecule has 0 aromatic heterocycles. The van der Waals surface area contributed by atoms with Crippen molar-refractivity contribution >= 4 is 5.69 Å². The van der Waals surface area contributed by atoms with Gasteiger partial charge >= 0.3 is 0 Å². The number of hydrogen-bond acceptors (Lipinski definition) is 2. The Morgan fingerprint density at radius 2 is 2.18 bits per heavy atom. The maximum Gasteiger partial charge on any atom is 0.118 e. The molecule has 0 atom stereocenters. The minimum absolute atomic E-state index is 0.348. The van der Waals surface area contributed by atoms with Crippen LogP contribution in [0.4, 0.5) is 5.69 Å². The molecule has 0 saturated carbocycles. The van der Waals surface area contributed by atoms with Crippen LogP contribution in [0.2, 0.25) is 0 Å². The fraction of sp³-hybridized carbons (Fsp3) is 0.333. The number of phenols is 1. The molecule has 0 radical (unpaired) electrons. The molecule has 2 nitrogen and oxygen atoms in total. The third-order valence-electron chi connectivity index (χ3n) is 1.62. The fourth-order valence-corrected chi connectivity index (χ4v) is 1.08. The van der Waals surface area contributed by atoms with Crippen molar-refractivity contribution in [3.8, 4) is 5.75 Å². The minimum Gasteiger partial charge on any atom is -0.508 e. The predicted octanol–water partition coefficient (Wildman–Crippen LogP) is 1.93. The van der Waals surface area contributed by atoms with Crippen LogP contribution in [-0.2, 0) is 6.42 Å². The van der Waals surface area contributed by atoms with Crippen LogP contribution in [0.1, 0.15) is 18.9 Å². The lowest BCUT2D eigenvalue weighted by molar-refractivity contribution is 0.468. The summed E-state index contributed by atoms with van der Waals surface area (Å²) in [6, 6.07) is 5.16. The SMILES string of the molecule is CCCc1cc(N)ccc1O. The summed E-state index contributed by atoms with van der Waals surface area (Å²) in [6.07, 6.45) is 1.91. The van der Waals surface area contributed by atoms with Gasteiger partial charge in [0.25, 0.3) is 0 Å². The number of hydrogen-bond donors (Lipinski definition) is 2. The van der Waals surface area contributed by atoms with Gasteiger partial charge in [0.2, 0.25) is 0 Å². The lowest BCUT2D eigenvalue weighted by atomic mass is 10.1. The number of phenolic OH excluding ortho intramolecular Hbond substituents is 1. The highest BCUT2D eigenvalue weighted by molar-refractivity contribution is 5.47. The van der Waals surface area contributed by atoms with Gasteiger partial charge in [-0.15, -0.1) is 0 Å². The molecule has 1 aromatic rings. The number of nitrogen functional groups attached to an aromatic ring is 1. The zero-order valence-corrected chi connectivity index (χ0v) is 6.67. The number of aryl methyl sites for hydroxylation is 1. The van der Waals surface area contributed by atoms with Crippen molar-refractivity contribution in [2.45, 2.75) is 19.8 Å². The topological polar surface area (TPSA) is 46.2 Å². The highest BCUT2D eigenvalue weighted by Crippen LogP contribution is 2.20. The Balaban J connectivity index is 2.93. The van der Waals surface area contributed by atoms with Crippen LogP contribution in [0.3, 0.4) is 0 Å². The Bertz CT molecular complexity index is 245. The molecule has 0 aliphatic carbocycles. The fourth-order valence-electron chi connectivity index (χ4n) is 1.08. The molecule has 2 heteroatoms. The van der Waals surface area contributed by atoms with E-state index in [0.29, 0.717) is 11.4 Å². The molecule has 60 valence electrons. The van der Waals surface area contributed by atoms with E-state index in [4.69, 9.17) is 5.73 Å². The summed E-state index contributed by atoms with van der Waals surface area (Å²) in [7, 11) is 0. The highest BCUT2D eigenvalue weighted by atomic mass is 16.3. The number of anilines is 1. The lowest BCUT2D eigenvalue weighted by Crippen LogP contribution is -1.89. The normalized spacial score (nSPS) is 9.91. The highest BCUT2D eigenvalue weighted by Gasteiger charge is 1.98. The van der Waals surface area contributed by atoms with Gasteiger partial charge in [-0.2, -0.15) is 0 Å². The summed E-state index contributed by atoms with van der Waals surface area (Å²) in [5.74, 6) is 0.348. The monoisotopic (exact) mass is 151 g/mol. The molecular formula is C9H13NO. The van der Waals surface area contributed by atoms with Gasteiger partial charge in [-0.05, 0) is 30.2 Å². The van der Waals surface area contributed by atoms with Gasteiger partial charge in [-0.3, -0.25) is 0 Å². The Morgan fingerprint density at radius 3 is 2.82 bits per heavy atom. The number of rotatable bonds is 2. The Hall–Kier alpha value is -1.18. The molecule has 0 bridgehead atoms. The van der Waals surface area contributed by atoms with Gasteiger partial charge in [0.1, 0.15) is 5.75 Å². The zero-order valence-electron chi connectivity index (χ0n) is 6.67. The Kier molecular flexibility index (Phi) is 2.36. The molecule has 11 heavy (non-hydrogen) atoms. The Morgan fingerprint density at radius 1 is 1.45 bits per heavy atom. The van der Waals surface area contributed by atoms with Crippen LogP contribution in [0.15, 0.2) is 18.2 Å². The Labute approximate surface area is 66.7 Å². The van der Waals surface area contributed by atoms with Crippen molar-refractivity contribution in [1.29, 1.82) is 0 Å². The number of aromatic hydroxyl groups is 1. The van der Waals surface area contributed by atoms with Gasteiger partial charge in [-0.1, -0.05) is 13.3 Å².